The van der Waals surface area contributed by atoms with Crippen molar-refractivity contribution in [1.29, 1.82) is 0 Å². The Morgan fingerprint density at radius 2 is 1.65 bits per heavy atom. The molecule has 31 heavy (non-hydrogen) atoms. The molecule has 2 N–H and O–H groups in total. The first-order valence-corrected chi connectivity index (χ1v) is 11.2. The summed E-state index contributed by atoms with van der Waals surface area (Å²) in [5.41, 5.74) is 4.21. The topological polar surface area (TPSA) is 127 Å². The number of hydrazine groups is 1. The van der Waals surface area contributed by atoms with Gasteiger partial charge in [-0.3, -0.25) is 25.2 Å². The Kier molecular flexibility index (Phi) is 8.34. The molecular formula is C20H26N4O6S. The van der Waals surface area contributed by atoms with E-state index in [-0.39, 0.29) is 18.0 Å². The average Bonchev–Trinajstić information content (AvgIpc) is 2.75. The van der Waals surface area contributed by atoms with E-state index in [1.807, 2.05) is 6.92 Å². The maximum absolute atomic E-state index is 12.6. The van der Waals surface area contributed by atoms with Crippen molar-refractivity contribution in [2.24, 2.45) is 0 Å². The highest BCUT2D eigenvalue weighted by molar-refractivity contribution is 7.89. The Labute approximate surface area is 180 Å². The van der Waals surface area contributed by atoms with Gasteiger partial charge in [0.2, 0.25) is 10.0 Å². The van der Waals surface area contributed by atoms with Crippen LogP contribution in [0.15, 0.2) is 52.3 Å². The zero-order valence-electron chi connectivity index (χ0n) is 17.6. The van der Waals surface area contributed by atoms with E-state index in [0.29, 0.717) is 17.9 Å². The van der Waals surface area contributed by atoms with Crippen molar-refractivity contribution in [2.45, 2.75) is 32.2 Å². The normalized spacial score (nSPS) is 11.2. The molecule has 2 aromatic rings. The van der Waals surface area contributed by atoms with Gasteiger partial charge in [-0.2, -0.15) is 4.31 Å². The molecular weight excluding hydrogens is 424 g/mol. The molecule has 1 aromatic carbocycles. The maximum Gasteiger partial charge on any atom is 0.269 e. The molecule has 11 heteroatoms. The number of nitrogens with one attached hydrogen (secondary N) is 2. The third-order valence-corrected chi connectivity index (χ3v) is 6.39. The number of ether oxygens (including phenoxy) is 1. The SMILES string of the molecule is CCOc1ccc(C(=O)NNC(=O)Cn2cc(S(=O)(=O)N(CC)CC)ccc2=O)cc1. The lowest BCUT2D eigenvalue weighted by molar-refractivity contribution is -0.122. The van der Waals surface area contributed by atoms with Gasteiger partial charge in [0.15, 0.2) is 0 Å². The maximum atomic E-state index is 12.6. The first-order valence-electron chi connectivity index (χ1n) is 9.75. The van der Waals surface area contributed by atoms with Crippen molar-refractivity contribution < 1.29 is 22.7 Å². The molecule has 1 aromatic heterocycles. The summed E-state index contributed by atoms with van der Waals surface area (Å²) in [6.45, 7) is 5.83. The summed E-state index contributed by atoms with van der Waals surface area (Å²) in [5.74, 6) is -0.637. The molecule has 0 bridgehead atoms. The molecule has 2 amide bonds. The number of carbonyl (C=O) groups excluding carboxylic acids is 2. The number of carbonyl (C=O) groups is 2. The molecule has 0 saturated heterocycles. The van der Waals surface area contributed by atoms with E-state index in [1.54, 1.807) is 38.1 Å². The smallest absolute Gasteiger partial charge is 0.269 e. The van der Waals surface area contributed by atoms with E-state index in [2.05, 4.69) is 10.9 Å². The Morgan fingerprint density at radius 1 is 1.00 bits per heavy atom. The minimum atomic E-state index is -3.78. The lowest BCUT2D eigenvalue weighted by atomic mass is 10.2. The molecule has 2 rings (SSSR count). The monoisotopic (exact) mass is 450 g/mol. The Hall–Kier alpha value is -3.18. The van der Waals surface area contributed by atoms with Gasteiger partial charge in [-0.25, -0.2) is 8.42 Å². The summed E-state index contributed by atoms with van der Waals surface area (Å²) >= 11 is 0. The minimum Gasteiger partial charge on any atom is -0.494 e. The number of nitrogens with zero attached hydrogens (tertiary/aromatic N) is 2. The van der Waals surface area contributed by atoms with Crippen LogP contribution in [0.25, 0.3) is 0 Å². The fraction of sp³-hybridized carbons (Fsp3) is 0.350. The van der Waals surface area contributed by atoms with Crippen molar-refractivity contribution in [3.8, 4) is 5.75 Å². The highest BCUT2D eigenvalue weighted by Crippen LogP contribution is 2.14. The summed E-state index contributed by atoms with van der Waals surface area (Å²) in [4.78, 5) is 36.3. The lowest BCUT2D eigenvalue weighted by Gasteiger charge is -2.19. The molecule has 0 aliphatic heterocycles. The number of pyridine rings is 1. The molecule has 1 heterocycles. The fourth-order valence-electron chi connectivity index (χ4n) is 2.76. The predicted octanol–water partition coefficient (Wildman–Crippen LogP) is 0.739. The molecule has 0 atom stereocenters. The number of rotatable bonds is 9. The fourth-order valence-corrected chi connectivity index (χ4v) is 4.24. The Balaban J connectivity index is 2.05. The van der Waals surface area contributed by atoms with Crippen molar-refractivity contribution >= 4 is 21.8 Å². The number of benzene rings is 1. The van der Waals surface area contributed by atoms with Crippen LogP contribution in [0.5, 0.6) is 5.75 Å². The van der Waals surface area contributed by atoms with Gasteiger partial charge in [0.25, 0.3) is 17.4 Å². The van der Waals surface area contributed by atoms with Gasteiger partial charge in [-0.05, 0) is 37.3 Å². The molecule has 0 aliphatic carbocycles. The summed E-state index contributed by atoms with van der Waals surface area (Å²) in [6.07, 6.45) is 1.11. The summed E-state index contributed by atoms with van der Waals surface area (Å²) in [7, 11) is -3.78. The van der Waals surface area contributed by atoms with E-state index >= 15 is 0 Å². The van der Waals surface area contributed by atoms with Crippen LogP contribution < -0.4 is 21.1 Å². The molecule has 0 aliphatic rings. The highest BCUT2D eigenvalue weighted by Gasteiger charge is 2.22. The largest absolute Gasteiger partial charge is 0.494 e. The van der Waals surface area contributed by atoms with Gasteiger partial charge >= 0.3 is 0 Å². The molecule has 0 spiro atoms. The van der Waals surface area contributed by atoms with Crippen LogP contribution in [-0.4, -0.2) is 48.8 Å². The molecule has 10 nitrogen and oxygen atoms in total. The van der Waals surface area contributed by atoms with Crippen LogP contribution in [0.4, 0.5) is 0 Å². The van der Waals surface area contributed by atoms with E-state index in [1.165, 1.54) is 10.4 Å². The zero-order valence-corrected chi connectivity index (χ0v) is 18.4. The minimum absolute atomic E-state index is 0.0953. The second kappa shape index (κ2) is 10.7. The molecule has 0 saturated carbocycles. The highest BCUT2D eigenvalue weighted by atomic mass is 32.2. The standard InChI is InChI=1S/C20H26N4O6S/c1-4-24(5-2)31(28,29)17-11-12-19(26)23(13-17)14-18(25)21-22-20(27)15-7-9-16(10-8-15)30-6-3/h7-13H,4-6,14H2,1-3H3,(H,21,25)(H,22,27). The Morgan fingerprint density at radius 3 is 2.23 bits per heavy atom. The lowest BCUT2D eigenvalue weighted by Crippen LogP contribution is -2.44. The summed E-state index contributed by atoms with van der Waals surface area (Å²) < 4.78 is 32.8. The number of amides is 2. The van der Waals surface area contributed by atoms with Crippen molar-refractivity contribution in [3.05, 3.63) is 58.5 Å². The second-order valence-corrected chi connectivity index (χ2v) is 8.32. The van der Waals surface area contributed by atoms with Crippen molar-refractivity contribution in [1.82, 2.24) is 19.7 Å². The summed E-state index contributed by atoms with van der Waals surface area (Å²) in [5, 5.41) is 0. The van der Waals surface area contributed by atoms with Crippen molar-refractivity contribution in [3.63, 3.8) is 0 Å². The van der Waals surface area contributed by atoms with Crippen LogP contribution >= 0.6 is 0 Å². The summed E-state index contributed by atoms with van der Waals surface area (Å²) in [6, 6.07) is 8.63. The first kappa shape index (κ1) is 24.1. The number of hydrogen-bond donors (Lipinski definition) is 2. The quantitative estimate of drug-likeness (QED) is 0.543. The van der Waals surface area contributed by atoms with Crippen LogP contribution in [0.3, 0.4) is 0 Å². The third kappa shape index (κ3) is 6.15. The van der Waals surface area contributed by atoms with Gasteiger partial charge in [0.05, 0.1) is 11.5 Å². The third-order valence-electron chi connectivity index (χ3n) is 4.36. The number of hydrogen-bond acceptors (Lipinski definition) is 6. The van der Waals surface area contributed by atoms with Gasteiger partial charge < -0.3 is 9.30 Å². The van der Waals surface area contributed by atoms with Crippen molar-refractivity contribution in [2.75, 3.05) is 19.7 Å². The van der Waals surface area contributed by atoms with Crippen LogP contribution in [0, 0.1) is 0 Å². The molecule has 0 fully saturated rings. The number of sulfonamides is 1. The van der Waals surface area contributed by atoms with Gasteiger partial charge in [-0.15, -0.1) is 0 Å². The molecule has 0 radical (unpaired) electrons. The van der Waals surface area contributed by atoms with Gasteiger partial charge in [-0.1, -0.05) is 13.8 Å². The number of aromatic nitrogens is 1. The van der Waals surface area contributed by atoms with Crippen LogP contribution in [-0.2, 0) is 21.4 Å². The van der Waals surface area contributed by atoms with Crippen LogP contribution in [0.2, 0.25) is 0 Å². The Bertz CT molecular complexity index is 1080. The molecule has 168 valence electrons. The van der Waals surface area contributed by atoms with Gasteiger partial charge in [0.1, 0.15) is 12.3 Å². The second-order valence-electron chi connectivity index (χ2n) is 6.38. The van der Waals surface area contributed by atoms with Gasteiger partial charge in [0, 0.05) is 30.9 Å². The average molecular weight is 451 g/mol. The zero-order chi connectivity index (χ0) is 23.0. The predicted molar refractivity (Wildman–Crippen MR) is 114 cm³/mol. The van der Waals surface area contributed by atoms with E-state index in [0.717, 1.165) is 16.8 Å². The van der Waals surface area contributed by atoms with Crippen LogP contribution in [0.1, 0.15) is 31.1 Å². The van der Waals surface area contributed by atoms with E-state index in [4.69, 9.17) is 4.74 Å². The van der Waals surface area contributed by atoms with E-state index in [9.17, 15) is 22.8 Å². The van der Waals surface area contributed by atoms with E-state index < -0.39 is 33.9 Å². The first-order chi connectivity index (χ1) is 14.7. The molecule has 0 unspecified atom stereocenters.